The standard InChI is InChI=1S/C52H99NO3/c1-3-5-7-9-11-13-15-17-19-20-21-22-23-24-25-26-27-28-29-30-31-32-34-36-38-40-42-44-46-48-52(56)53-50(49-54)51(55)47-45-43-41-39-37-35-33-18-16-14-12-10-8-6-4-2/h24-25,37,39,45,47,50-51,54-55H,3-23,26-36,38,40-44,46,48-49H2,1-2H3,(H,53,56)/b25-24-,39-37+,47-45+. The normalized spacial score (nSPS) is 13.1. The first-order valence-corrected chi connectivity index (χ1v) is 25.2. The highest BCUT2D eigenvalue weighted by atomic mass is 16.3. The average Bonchev–Trinajstić information content (AvgIpc) is 3.20. The van der Waals surface area contributed by atoms with E-state index in [1.54, 1.807) is 6.08 Å². The highest BCUT2D eigenvalue weighted by Gasteiger charge is 2.17. The van der Waals surface area contributed by atoms with Crippen LogP contribution in [0.4, 0.5) is 0 Å². The van der Waals surface area contributed by atoms with Crippen molar-refractivity contribution in [2.45, 2.75) is 283 Å². The predicted molar refractivity (Wildman–Crippen MR) is 248 cm³/mol. The largest absolute Gasteiger partial charge is 0.394 e. The van der Waals surface area contributed by atoms with Gasteiger partial charge in [-0.2, -0.15) is 0 Å². The Morgan fingerprint density at radius 2 is 0.696 bits per heavy atom. The van der Waals surface area contributed by atoms with Gasteiger partial charge in [0, 0.05) is 6.42 Å². The number of nitrogens with one attached hydrogen (secondary N) is 1. The Hall–Kier alpha value is -1.39. The fraction of sp³-hybridized carbons (Fsp3) is 0.865. The number of allylic oxidation sites excluding steroid dienone is 5. The molecule has 0 saturated heterocycles. The van der Waals surface area contributed by atoms with E-state index in [4.69, 9.17) is 0 Å². The SMILES string of the molecule is CCCCCCCCCCC/C=C/CC/C=C/C(O)C(CO)NC(=O)CCCCCCCCCCCCCCC/C=C\CCCCCCCCCCCCCC. The van der Waals surface area contributed by atoms with E-state index in [1.165, 1.54) is 218 Å². The Bertz CT molecular complexity index is 851. The van der Waals surface area contributed by atoms with Gasteiger partial charge in [0.25, 0.3) is 0 Å². The van der Waals surface area contributed by atoms with Crippen molar-refractivity contribution in [1.29, 1.82) is 0 Å². The second-order valence-electron chi connectivity index (χ2n) is 17.2. The first kappa shape index (κ1) is 54.6. The smallest absolute Gasteiger partial charge is 0.220 e. The second-order valence-corrected chi connectivity index (χ2v) is 17.2. The van der Waals surface area contributed by atoms with Gasteiger partial charge in [-0.15, -0.1) is 0 Å². The molecule has 56 heavy (non-hydrogen) atoms. The van der Waals surface area contributed by atoms with Crippen molar-refractivity contribution < 1.29 is 15.0 Å². The summed E-state index contributed by atoms with van der Waals surface area (Å²) in [5.41, 5.74) is 0. The van der Waals surface area contributed by atoms with Crippen molar-refractivity contribution in [3.63, 3.8) is 0 Å². The molecule has 2 unspecified atom stereocenters. The Balaban J connectivity index is 3.49. The number of hydrogen-bond acceptors (Lipinski definition) is 3. The zero-order chi connectivity index (χ0) is 40.7. The monoisotopic (exact) mass is 786 g/mol. The lowest BCUT2D eigenvalue weighted by Crippen LogP contribution is -2.45. The van der Waals surface area contributed by atoms with Crippen molar-refractivity contribution >= 4 is 5.91 Å². The highest BCUT2D eigenvalue weighted by molar-refractivity contribution is 5.76. The number of amides is 1. The third kappa shape index (κ3) is 43.7. The van der Waals surface area contributed by atoms with Crippen LogP contribution < -0.4 is 5.32 Å². The maximum Gasteiger partial charge on any atom is 0.220 e. The Morgan fingerprint density at radius 1 is 0.411 bits per heavy atom. The van der Waals surface area contributed by atoms with Crippen molar-refractivity contribution in [3.05, 3.63) is 36.5 Å². The number of hydrogen-bond donors (Lipinski definition) is 3. The van der Waals surface area contributed by atoms with E-state index in [1.807, 2.05) is 6.08 Å². The maximum atomic E-state index is 12.4. The van der Waals surface area contributed by atoms with E-state index in [-0.39, 0.29) is 12.5 Å². The minimum absolute atomic E-state index is 0.0718. The van der Waals surface area contributed by atoms with Gasteiger partial charge in [-0.05, 0) is 57.8 Å². The van der Waals surface area contributed by atoms with E-state index >= 15 is 0 Å². The summed E-state index contributed by atoms with van der Waals surface area (Å²) in [5, 5.41) is 23.0. The zero-order valence-electron chi connectivity index (χ0n) is 37.9. The van der Waals surface area contributed by atoms with Gasteiger partial charge in [0.05, 0.1) is 18.8 Å². The summed E-state index contributed by atoms with van der Waals surface area (Å²) in [6.07, 6.45) is 64.3. The lowest BCUT2D eigenvalue weighted by atomic mass is 10.0. The zero-order valence-corrected chi connectivity index (χ0v) is 37.9. The van der Waals surface area contributed by atoms with Gasteiger partial charge in [0.2, 0.25) is 5.91 Å². The lowest BCUT2D eigenvalue weighted by molar-refractivity contribution is -0.123. The van der Waals surface area contributed by atoms with Crippen LogP contribution in [0.1, 0.15) is 271 Å². The molecule has 0 radical (unpaired) electrons. The van der Waals surface area contributed by atoms with E-state index in [9.17, 15) is 15.0 Å². The van der Waals surface area contributed by atoms with Crippen molar-refractivity contribution in [2.24, 2.45) is 0 Å². The first-order valence-electron chi connectivity index (χ1n) is 25.2. The van der Waals surface area contributed by atoms with Gasteiger partial charge in [-0.25, -0.2) is 0 Å². The molecule has 3 N–H and O–H groups in total. The molecule has 0 heterocycles. The molecule has 0 rings (SSSR count). The Kier molecular flexibility index (Phi) is 46.8. The van der Waals surface area contributed by atoms with Gasteiger partial charge in [-0.1, -0.05) is 243 Å². The molecule has 4 nitrogen and oxygen atoms in total. The summed E-state index contributed by atoms with van der Waals surface area (Å²) in [4.78, 5) is 12.4. The molecule has 1 amide bonds. The number of rotatable bonds is 46. The summed E-state index contributed by atoms with van der Waals surface area (Å²) in [7, 11) is 0. The highest BCUT2D eigenvalue weighted by Crippen LogP contribution is 2.16. The molecule has 0 fully saturated rings. The Morgan fingerprint density at radius 3 is 1.04 bits per heavy atom. The molecular weight excluding hydrogens is 687 g/mol. The van der Waals surface area contributed by atoms with Crippen LogP contribution in [0, 0.1) is 0 Å². The van der Waals surface area contributed by atoms with Crippen LogP contribution in [-0.2, 0) is 4.79 Å². The number of carbonyl (C=O) groups is 1. The molecule has 0 aliphatic heterocycles. The molecule has 0 saturated carbocycles. The van der Waals surface area contributed by atoms with Crippen molar-refractivity contribution in [2.75, 3.05) is 6.61 Å². The molecule has 330 valence electrons. The van der Waals surface area contributed by atoms with Gasteiger partial charge < -0.3 is 15.5 Å². The fourth-order valence-electron chi connectivity index (χ4n) is 7.72. The summed E-state index contributed by atoms with van der Waals surface area (Å²) >= 11 is 0. The third-order valence-corrected chi connectivity index (χ3v) is 11.6. The quantitative estimate of drug-likeness (QED) is 0.0425. The van der Waals surface area contributed by atoms with E-state index in [0.29, 0.717) is 6.42 Å². The fourth-order valence-corrected chi connectivity index (χ4v) is 7.72. The molecular formula is C52H99NO3. The van der Waals surface area contributed by atoms with Crippen LogP contribution in [0.2, 0.25) is 0 Å². The topological polar surface area (TPSA) is 69.6 Å². The summed E-state index contributed by atoms with van der Waals surface area (Å²) in [5.74, 6) is -0.0718. The minimum atomic E-state index is -0.860. The molecule has 4 heteroatoms. The van der Waals surface area contributed by atoms with Crippen LogP contribution >= 0.6 is 0 Å². The summed E-state index contributed by atoms with van der Waals surface area (Å²) in [6.45, 7) is 4.31. The van der Waals surface area contributed by atoms with E-state index in [0.717, 1.165) is 32.1 Å². The van der Waals surface area contributed by atoms with E-state index in [2.05, 4.69) is 43.5 Å². The summed E-state index contributed by atoms with van der Waals surface area (Å²) < 4.78 is 0. The molecule has 0 aromatic heterocycles. The number of aliphatic hydroxyl groups is 2. The van der Waals surface area contributed by atoms with Crippen LogP contribution in [0.3, 0.4) is 0 Å². The third-order valence-electron chi connectivity index (χ3n) is 11.6. The lowest BCUT2D eigenvalue weighted by Gasteiger charge is -2.19. The molecule has 0 aromatic carbocycles. The predicted octanol–water partition coefficient (Wildman–Crippen LogP) is 16.1. The van der Waals surface area contributed by atoms with Gasteiger partial charge in [-0.3, -0.25) is 4.79 Å². The molecule has 0 bridgehead atoms. The molecule has 0 aliphatic rings. The molecule has 0 aliphatic carbocycles. The first-order chi connectivity index (χ1) is 27.7. The average molecular weight is 786 g/mol. The van der Waals surface area contributed by atoms with Crippen LogP contribution in [0.5, 0.6) is 0 Å². The number of unbranched alkanes of at least 4 members (excludes halogenated alkanes) is 35. The van der Waals surface area contributed by atoms with Crippen LogP contribution in [-0.4, -0.2) is 34.9 Å². The van der Waals surface area contributed by atoms with E-state index < -0.39 is 12.1 Å². The van der Waals surface area contributed by atoms with Crippen LogP contribution in [0.15, 0.2) is 36.5 Å². The molecule has 0 aromatic rings. The Labute approximate surface area is 351 Å². The van der Waals surface area contributed by atoms with Gasteiger partial charge in [0.1, 0.15) is 0 Å². The van der Waals surface area contributed by atoms with Gasteiger partial charge >= 0.3 is 0 Å². The molecule has 0 spiro atoms. The second kappa shape index (κ2) is 48.0. The minimum Gasteiger partial charge on any atom is -0.394 e. The molecule has 2 atom stereocenters. The van der Waals surface area contributed by atoms with Gasteiger partial charge in [0.15, 0.2) is 0 Å². The number of aliphatic hydroxyl groups excluding tert-OH is 2. The maximum absolute atomic E-state index is 12.4. The van der Waals surface area contributed by atoms with Crippen molar-refractivity contribution in [3.8, 4) is 0 Å². The summed E-state index contributed by atoms with van der Waals surface area (Å²) in [6, 6.07) is -0.637. The van der Waals surface area contributed by atoms with Crippen LogP contribution in [0.25, 0.3) is 0 Å². The van der Waals surface area contributed by atoms with Crippen molar-refractivity contribution in [1.82, 2.24) is 5.32 Å². The number of carbonyl (C=O) groups excluding carboxylic acids is 1.